The Morgan fingerprint density at radius 3 is 2.94 bits per heavy atom. The van der Waals surface area contributed by atoms with Crippen LogP contribution in [0.3, 0.4) is 0 Å². The van der Waals surface area contributed by atoms with E-state index in [4.69, 9.17) is 0 Å². The Labute approximate surface area is 105 Å². The molecular weight excluding hydrogens is 210 g/mol. The van der Waals surface area contributed by atoms with E-state index in [9.17, 15) is 0 Å². The first-order chi connectivity index (χ1) is 8.24. The molecular formula is C14H25N3. The first-order valence-corrected chi connectivity index (χ1v) is 6.98. The van der Waals surface area contributed by atoms with Gasteiger partial charge in [-0.25, -0.2) is 4.98 Å². The fourth-order valence-electron chi connectivity index (χ4n) is 2.00. The van der Waals surface area contributed by atoms with Crippen molar-refractivity contribution < 1.29 is 0 Å². The van der Waals surface area contributed by atoms with Crippen molar-refractivity contribution in [1.29, 1.82) is 0 Å². The van der Waals surface area contributed by atoms with Crippen LogP contribution in [0.25, 0.3) is 0 Å². The summed E-state index contributed by atoms with van der Waals surface area (Å²) in [6.07, 6.45) is 10.8. The van der Waals surface area contributed by atoms with Crippen LogP contribution in [0.2, 0.25) is 0 Å². The van der Waals surface area contributed by atoms with Gasteiger partial charge in [0.1, 0.15) is 0 Å². The molecule has 0 spiro atoms. The monoisotopic (exact) mass is 235 g/mol. The Balaban J connectivity index is 1.62. The average Bonchev–Trinajstić information content (AvgIpc) is 3.01. The maximum absolute atomic E-state index is 4.43. The van der Waals surface area contributed by atoms with E-state index >= 15 is 0 Å². The highest BCUT2D eigenvalue weighted by Gasteiger charge is 2.20. The molecule has 1 aliphatic carbocycles. The molecule has 3 nitrogen and oxygen atoms in total. The molecule has 0 unspecified atom stereocenters. The summed E-state index contributed by atoms with van der Waals surface area (Å²) in [5.74, 6) is 0.830. The summed E-state index contributed by atoms with van der Waals surface area (Å²) in [5.41, 5.74) is 1.18. The predicted molar refractivity (Wildman–Crippen MR) is 70.8 cm³/mol. The van der Waals surface area contributed by atoms with Gasteiger partial charge in [0.15, 0.2) is 0 Å². The minimum absolute atomic E-state index is 0.770. The van der Waals surface area contributed by atoms with Crippen molar-refractivity contribution in [3.63, 3.8) is 0 Å². The van der Waals surface area contributed by atoms with E-state index in [0.717, 1.165) is 25.0 Å². The Hall–Kier alpha value is -0.830. The first kappa shape index (κ1) is 12.6. The summed E-state index contributed by atoms with van der Waals surface area (Å²) in [5, 5.41) is 3.49. The Morgan fingerprint density at radius 1 is 1.41 bits per heavy atom. The molecule has 1 saturated carbocycles. The van der Waals surface area contributed by atoms with E-state index < -0.39 is 0 Å². The summed E-state index contributed by atoms with van der Waals surface area (Å²) in [7, 11) is 0. The van der Waals surface area contributed by atoms with E-state index in [-0.39, 0.29) is 0 Å². The molecule has 0 amide bonds. The van der Waals surface area contributed by atoms with Crippen molar-refractivity contribution in [3.8, 4) is 0 Å². The fourth-order valence-corrected chi connectivity index (χ4v) is 2.00. The molecule has 0 bridgehead atoms. The van der Waals surface area contributed by atoms with Gasteiger partial charge >= 0.3 is 0 Å². The van der Waals surface area contributed by atoms with Crippen LogP contribution in [-0.4, -0.2) is 15.6 Å². The number of nitrogens with one attached hydrogen (secondary N) is 1. The molecule has 0 radical (unpaired) electrons. The largest absolute Gasteiger partial charge is 0.337 e. The van der Waals surface area contributed by atoms with Gasteiger partial charge in [0.05, 0.1) is 12.0 Å². The Morgan fingerprint density at radius 2 is 2.24 bits per heavy atom. The normalized spacial score (nSPS) is 15.7. The molecule has 0 aromatic carbocycles. The van der Waals surface area contributed by atoms with Crippen LogP contribution in [0.15, 0.2) is 12.5 Å². The SMILES string of the molecule is CC(C)CCCCn1cnc(CNC2CC2)c1. The molecule has 96 valence electrons. The maximum Gasteiger partial charge on any atom is 0.0949 e. The van der Waals surface area contributed by atoms with Gasteiger partial charge in [0.2, 0.25) is 0 Å². The number of hydrogen-bond donors (Lipinski definition) is 1. The van der Waals surface area contributed by atoms with Crippen molar-refractivity contribution in [2.75, 3.05) is 0 Å². The van der Waals surface area contributed by atoms with E-state index in [1.165, 1.54) is 37.8 Å². The standard InChI is InChI=1S/C14H25N3/c1-12(2)5-3-4-8-17-10-14(16-11-17)9-15-13-6-7-13/h10-13,15H,3-9H2,1-2H3. The lowest BCUT2D eigenvalue weighted by Gasteiger charge is -2.04. The topological polar surface area (TPSA) is 29.9 Å². The Bertz CT molecular complexity index is 326. The smallest absolute Gasteiger partial charge is 0.0949 e. The van der Waals surface area contributed by atoms with Crippen LogP contribution in [-0.2, 0) is 13.1 Å². The lowest BCUT2D eigenvalue weighted by molar-refractivity contribution is 0.509. The predicted octanol–water partition coefficient (Wildman–Crippen LogP) is 2.96. The molecule has 0 saturated heterocycles. The minimum Gasteiger partial charge on any atom is -0.337 e. The van der Waals surface area contributed by atoms with Crippen LogP contribution in [0, 0.1) is 5.92 Å². The van der Waals surface area contributed by atoms with Crippen LogP contribution >= 0.6 is 0 Å². The highest BCUT2D eigenvalue weighted by Crippen LogP contribution is 2.19. The van der Waals surface area contributed by atoms with Gasteiger partial charge in [-0.05, 0) is 25.2 Å². The molecule has 1 aromatic heterocycles. The third-order valence-corrected chi connectivity index (χ3v) is 3.28. The number of aromatic nitrogens is 2. The number of unbranched alkanes of at least 4 members (excludes halogenated alkanes) is 1. The average molecular weight is 235 g/mol. The van der Waals surface area contributed by atoms with Crippen molar-refractivity contribution in [1.82, 2.24) is 14.9 Å². The summed E-state index contributed by atoms with van der Waals surface area (Å²) in [6.45, 7) is 6.63. The van der Waals surface area contributed by atoms with Crippen molar-refractivity contribution >= 4 is 0 Å². The number of nitrogens with zero attached hydrogens (tertiary/aromatic N) is 2. The highest BCUT2D eigenvalue weighted by atomic mass is 15.1. The Kier molecular flexibility index (Phi) is 4.60. The second kappa shape index (κ2) is 6.20. The molecule has 1 aromatic rings. The lowest BCUT2D eigenvalue weighted by Crippen LogP contribution is -2.15. The van der Waals surface area contributed by atoms with Crippen molar-refractivity contribution in [3.05, 3.63) is 18.2 Å². The molecule has 17 heavy (non-hydrogen) atoms. The number of rotatable bonds is 8. The third-order valence-electron chi connectivity index (χ3n) is 3.28. The van der Waals surface area contributed by atoms with Gasteiger partial charge < -0.3 is 9.88 Å². The van der Waals surface area contributed by atoms with Crippen LogP contribution in [0.1, 0.15) is 51.6 Å². The molecule has 2 rings (SSSR count). The summed E-state index contributed by atoms with van der Waals surface area (Å²) in [6, 6.07) is 0.770. The van der Waals surface area contributed by atoms with E-state index in [2.05, 4.69) is 34.9 Å². The van der Waals surface area contributed by atoms with Crippen LogP contribution in [0.4, 0.5) is 0 Å². The number of hydrogen-bond acceptors (Lipinski definition) is 2. The minimum atomic E-state index is 0.770. The molecule has 3 heteroatoms. The number of imidazole rings is 1. The van der Waals surface area contributed by atoms with Crippen molar-refractivity contribution in [2.24, 2.45) is 5.92 Å². The molecule has 1 fully saturated rings. The first-order valence-electron chi connectivity index (χ1n) is 6.98. The van der Waals surface area contributed by atoms with Crippen molar-refractivity contribution in [2.45, 2.75) is 65.1 Å². The van der Waals surface area contributed by atoms with E-state index in [1.807, 2.05) is 6.33 Å². The molecule has 1 N–H and O–H groups in total. The fraction of sp³-hybridized carbons (Fsp3) is 0.786. The number of aryl methyl sites for hydroxylation is 1. The van der Waals surface area contributed by atoms with Gasteiger partial charge in [-0.3, -0.25) is 0 Å². The van der Waals surface area contributed by atoms with Crippen LogP contribution < -0.4 is 5.32 Å². The summed E-state index contributed by atoms with van der Waals surface area (Å²) < 4.78 is 2.23. The lowest BCUT2D eigenvalue weighted by atomic mass is 10.1. The second-order valence-electron chi connectivity index (χ2n) is 5.65. The third kappa shape index (κ3) is 4.90. The van der Waals surface area contributed by atoms with Gasteiger partial charge in [-0.15, -0.1) is 0 Å². The molecule has 1 aliphatic rings. The zero-order valence-corrected chi connectivity index (χ0v) is 11.2. The molecule has 1 heterocycles. The van der Waals surface area contributed by atoms with Gasteiger partial charge in [-0.1, -0.05) is 26.7 Å². The van der Waals surface area contributed by atoms with E-state index in [0.29, 0.717) is 0 Å². The summed E-state index contributed by atoms with van der Waals surface area (Å²) in [4.78, 5) is 4.43. The van der Waals surface area contributed by atoms with E-state index in [1.54, 1.807) is 0 Å². The molecule has 0 aliphatic heterocycles. The second-order valence-corrected chi connectivity index (χ2v) is 5.65. The van der Waals surface area contributed by atoms with Crippen LogP contribution in [0.5, 0.6) is 0 Å². The maximum atomic E-state index is 4.43. The quantitative estimate of drug-likeness (QED) is 0.702. The zero-order chi connectivity index (χ0) is 12.1. The zero-order valence-electron chi connectivity index (χ0n) is 11.2. The van der Waals surface area contributed by atoms with Gasteiger partial charge in [0, 0.05) is 25.3 Å². The van der Waals surface area contributed by atoms with Gasteiger partial charge in [0.25, 0.3) is 0 Å². The molecule has 0 atom stereocenters. The highest BCUT2D eigenvalue weighted by molar-refractivity contribution is 4.97. The summed E-state index contributed by atoms with van der Waals surface area (Å²) >= 11 is 0. The van der Waals surface area contributed by atoms with Gasteiger partial charge in [-0.2, -0.15) is 0 Å².